The van der Waals surface area contributed by atoms with Gasteiger partial charge in [0, 0.05) is 29.7 Å². The smallest absolute Gasteiger partial charge is 0.225 e. The maximum atomic E-state index is 11.5. The number of fused-ring (bicyclic) bond motifs is 2. The van der Waals surface area contributed by atoms with Gasteiger partial charge in [-0.25, -0.2) is 4.98 Å². The van der Waals surface area contributed by atoms with Crippen LogP contribution in [0, 0.1) is 0 Å². The maximum absolute atomic E-state index is 11.5. The van der Waals surface area contributed by atoms with Crippen molar-refractivity contribution < 1.29 is 14.3 Å². The Morgan fingerprint density at radius 2 is 2.23 bits per heavy atom. The number of carbonyl (C=O) groups is 1. The van der Waals surface area contributed by atoms with Crippen LogP contribution in [0.1, 0.15) is 30.4 Å². The van der Waals surface area contributed by atoms with Crippen molar-refractivity contribution in [3.8, 4) is 17.2 Å². The molecule has 0 bridgehead atoms. The van der Waals surface area contributed by atoms with Crippen molar-refractivity contribution in [1.82, 2.24) is 4.98 Å². The maximum Gasteiger partial charge on any atom is 0.225 e. The van der Waals surface area contributed by atoms with Gasteiger partial charge in [0.25, 0.3) is 0 Å². The Morgan fingerprint density at radius 1 is 1.32 bits per heavy atom. The summed E-state index contributed by atoms with van der Waals surface area (Å²) in [6.07, 6.45) is 2.76. The Kier molecular flexibility index (Phi) is 2.99. The highest BCUT2D eigenvalue weighted by Crippen LogP contribution is 2.38. The van der Waals surface area contributed by atoms with Crippen molar-refractivity contribution in [3.05, 3.63) is 41.6 Å². The molecule has 1 aromatic carbocycles. The molecule has 2 aliphatic heterocycles. The number of hydrogen-bond donors (Lipinski definition) is 1. The van der Waals surface area contributed by atoms with E-state index < -0.39 is 0 Å². The highest BCUT2D eigenvalue weighted by molar-refractivity contribution is 5.93. The molecule has 4 rings (SSSR count). The van der Waals surface area contributed by atoms with Crippen LogP contribution < -0.4 is 14.8 Å². The minimum absolute atomic E-state index is 0.000606. The van der Waals surface area contributed by atoms with E-state index in [1.807, 2.05) is 24.3 Å². The first-order valence-electron chi connectivity index (χ1n) is 7.43. The lowest BCUT2D eigenvalue weighted by Crippen LogP contribution is -2.20. The number of ether oxygens (including phenoxy) is 2. The Balaban J connectivity index is 1.66. The highest BCUT2D eigenvalue weighted by Gasteiger charge is 2.22. The van der Waals surface area contributed by atoms with Crippen LogP contribution in [-0.2, 0) is 11.2 Å². The topological polar surface area (TPSA) is 60.5 Å². The summed E-state index contributed by atoms with van der Waals surface area (Å²) in [5.74, 6) is 3.44. The van der Waals surface area contributed by atoms with Crippen LogP contribution in [-0.4, -0.2) is 17.5 Å². The van der Waals surface area contributed by atoms with Gasteiger partial charge >= 0.3 is 0 Å². The first-order chi connectivity index (χ1) is 10.7. The molecule has 0 fully saturated rings. The predicted octanol–water partition coefficient (Wildman–Crippen LogP) is 3.25. The average molecular weight is 296 g/mol. The van der Waals surface area contributed by atoms with Crippen molar-refractivity contribution in [2.24, 2.45) is 0 Å². The molecular weight excluding hydrogens is 280 g/mol. The van der Waals surface area contributed by atoms with Crippen molar-refractivity contribution in [2.45, 2.75) is 25.7 Å². The number of hydrogen-bond acceptors (Lipinski definition) is 4. The van der Waals surface area contributed by atoms with Gasteiger partial charge in [0.15, 0.2) is 0 Å². The minimum Gasteiger partial charge on any atom is -0.493 e. The Bertz CT molecular complexity index is 758. The van der Waals surface area contributed by atoms with E-state index in [0.29, 0.717) is 24.6 Å². The lowest BCUT2D eigenvalue weighted by molar-refractivity contribution is -0.116. The summed E-state index contributed by atoms with van der Waals surface area (Å²) < 4.78 is 11.6. The molecule has 3 heterocycles. The van der Waals surface area contributed by atoms with Crippen molar-refractivity contribution in [3.63, 3.8) is 0 Å². The monoisotopic (exact) mass is 296 g/mol. The largest absolute Gasteiger partial charge is 0.493 e. The normalized spacial score (nSPS) is 19.0. The summed E-state index contributed by atoms with van der Waals surface area (Å²) in [5, 5.41) is 2.78. The van der Waals surface area contributed by atoms with E-state index >= 15 is 0 Å². The number of nitrogens with zero attached hydrogens (tertiary/aromatic N) is 1. The van der Waals surface area contributed by atoms with Crippen LogP contribution in [0.3, 0.4) is 0 Å². The summed E-state index contributed by atoms with van der Waals surface area (Å²) in [5.41, 5.74) is 2.13. The molecule has 1 atom stereocenters. The van der Waals surface area contributed by atoms with Crippen LogP contribution in [0.2, 0.25) is 0 Å². The van der Waals surface area contributed by atoms with Gasteiger partial charge in [0.05, 0.1) is 6.61 Å². The van der Waals surface area contributed by atoms with Crippen molar-refractivity contribution in [2.75, 3.05) is 11.9 Å². The standard InChI is InChI=1S/C17H16N2O3/c1-10-9-21-14-4-2-11(8-13(10)14)22-15-6-7-18-17-12(15)3-5-16(20)19-17/h2,4,6-8,10H,3,5,9H2,1H3,(H,18,19,20)/t10-/m1/s1. The van der Waals surface area contributed by atoms with Gasteiger partial charge in [-0.15, -0.1) is 0 Å². The fraction of sp³-hybridized carbons (Fsp3) is 0.294. The van der Waals surface area contributed by atoms with Gasteiger partial charge < -0.3 is 14.8 Å². The summed E-state index contributed by atoms with van der Waals surface area (Å²) in [6, 6.07) is 7.72. The lowest BCUT2D eigenvalue weighted by atomic mass is 10.0. The number of rotatable bonds is 2. The van der Waals surface area contributed by atoms with E-state index in [0.717, 1.165) is 29.4 Å². The number of nitrogens with one attached hydrogen (secondary N) is 1. The minimum atomic E-state index is 0.000606. The average Bonchev–Trinajstić information content (AvgIpc) is 2.88. The molecule has 0 saturated heterocycles. The highest BCUT2D eigenvalue weighted by atomic mass is 16.5. The van der Waals surface area contributed by atoms with Gasteiger partial charge in [-0.05, 0) is 30.7 Å². The molecule has 1 amide bonds. The van der Waals surface area contributed by atoms with Gasteiger partial charge in [0.2, 0.25) is 5.91 Å². The summed E-state index contributed by atoms with van der Waals surface area (Å²) in [6.45, 7) is 2.86. The number of amides is 1. The molecule has 1 N–H and O–H groups in total. The zero-order valence-corrected chi connectivity index (χ0v) is 12.3. The van der Waals surface area contributed by atoms with E-state index in [2.05, 4.69) is 17.2 Å². The second-order valence-corrected chi connectivity index (χ2v) is 5.70. The Morgan fingerprint density at radius 3 is 3.14 bits per heavy atom. The molecule has 0 radical (unpaired) electrons. The molecule has 0 saturated carbocycles. The van der Waals surface area contributed by atoms with Crippen LogP contribution >= 0.6 is 0 Å². The fourth-order valence-electron chi connectivity index (χ4n) is 2.89. The molecule has 5 nitrogen and oxygen atoms in total. The lowest BCUT2D eigenvalue weighted by Gasteiger charge is -2.19. The fourth-order valence-corrected chi connectivity index (χ4v) is 2.89. The van der Waals surface area contributed by atoms with Crippen LogP contribution in [0.25, 0.3) is 0 Å². The summed E-state index contributed by atoms with van der Waals surface area (Å²) in [7, 11) is 0. The van der Waals surface area contributed by atoms with E-state index in [1.54, 1.807) is 6.20 Å². The van der Waals surface area contributed by atoms with Gasteiger partial charge in [-0.3, -0.25) is 4.79 Å². The summed E-state index contributed by atoms with van der Waals surface area (Å²) >= 11 is 0. The first kappa shape index (κ1) is 13.1. The van der Waals surface area contributed by atoms with Gasteiger partial charge in [0.1, 0.15) is 23.1 Å². The molecule has 0 aliphatic carbocycles. The zero-order valence-electron chi connectivity index (χ0n) is 12.3. The third-order valence-corrected chi connectivity index (χ3v) is 4.10. The van der Waals surface area contributed by atoms with Gasteiger partial charge in [-0.1, -0.05) is 6.92 Å². The second-order valence-electron chi connectivity index (χ2n) is 5.70. The Labute approximate surface area is 128 Å². The number of carbonyl (C=O) groups excluding carboxylic acids is 1. The molecule has 5 heteroatoms. The predicted molar refractivity (Wildman–Crippen MR) is 81.6 cm³/mol. The van der Waals surface area contributed by atoms with Crippen LogP contribution in [0.5, 0.6) is 17.2 Å². The van der Waals surface area contributed by atoms with E-state index in [-0.39, 0.29) is 5.91 Å². The van der Waals surface area contributed by atoms with Crippen molar-refractivity contribution >= 4 is 11.7 Å². The molecule has 0 spiro atoms. The molecule has 112 valence electrons. The molecule has 0 unspecified atom stereocenters. The molecular formula is C17H16N2O3. The first-order valence-corrected chi connectivity index (χ1v) is 7.43. The van der Waals surface area contributed by atoms with E-state index in [4.69, 9.17) is 9.47 Å². The second kappa shape index (κ2) is 5.02. The molecule has 2 aromatic rings. The van der Waals surface area contributed by atoms with Gasteiger partial charge in [-0.2, -0.15) is 0 Å². The van der Waals surface area contributed by atoms with Crippen molar-refractivity contribution in [1.29, 1.82) is 0 Å². The zero-order chi connectivity index (χ0) is 15.1. The van der Waals surface area contributed by atoms with E-state index in [9.17, 15) is 4.79 Å². The molecule has 22 heavy (non-hydrogen) atoms. The number of aromatic nitrogens is 1. The third kappa shape index (κ3) is 2.19. The molecule has 2 aliphatic rings. The van der Waals surface area contributed by atoms with E-state index in [1.165, 1.54) is 5.56 Å². The van der Waals surface area contributed by atoms with Crippen LogP contribution in [0.4, 0.5) is 5.82 Å². The number of pyridine rings is 1. The van der Waals surface area contributed by atoms with Crippen LogP contribution in [0.15, 0.2) is 30.5 Å². The third-order valence-electron chi connectivity index (χ3n) is 4.10. The quantitative estimate of drug-likeness (QED) is 0.924. The SMILES string of the molecule is C[C@@H]1COc2ccc(Oc3ccnc4c3CCC(=O)N4)cc21. The number of anilines is 1. The molecule has 1 aromatic heterocycles. The summed E-state index contributed by atoms with van der Waals surface area (Å²) in [4.78, 5) is 15.7. The number of benzene rings is 1. The Hall–Kier alpha value is -2.56.